The van der Waals surface area contributed by atoms with Crippen LogP contribution in [0.3, 0.4) is 0 Å². The number of halogens is 2. The van der Waals surface area contributed by atoms with Gasteiger partial charge in [-0.25, -0.2) is 4.39 Å². The minimum absolute atomic E-state index is 0.262. The molecule has 4 heteroatoms. The molecular formula is C12H16ClFN2. The maximum atomic E-state index is 13.6. The quantitative estimate of drug-likeness (QED) is 0.836. The highest BCUT2D eigenvalue weighted by molar-refractivity contribution is 6.30. The van der Waals surface area contributed by atoms with Gasteiger partial charge in [-0.3, -0.25) is 0 Å². The molecule has 1 heterocycles. The normalized spacial score (nSPS) is 23.1. The Morgan fingerprint density at radius 2 is 2.31 bits per heavy atom. The number of benzene rings is 1. The molecule has 0 spiro atoms. The van der Waals surface area contributed by atoms with E-state index in [-0.39, 0.29) is 11.9 Å². The van der Waals surface area contributed by atoms with Crippen LogP contribution in [0, 0.1) is 11.7 Å². The molecule has 2 nitrogen and oxygen atoms in total. The summed E-state index contributed by atoms with van der Waals surface area (Å²) in [4.78, 5) is 0. The van der Waals surface area contributed by atoms with Crippen molar-refractivity contribution in [2.75, 3.05) is 13.1 Å². The van der Waals surface area contributed by atoms with Gasteiger partial charge < -0.3 is 11.1 Å². The second-order valence-electron chi connectivity index (χ2n) is 4.30. The number of hydrogen-bond donors (Lipinski definition) is 2. The van der Waals surface area contributed by atoms with Gasteiger partial charge in [-0.05, 0) is 50.0 Å². The molecule has 1 aromatic carbocycles. The van der Waals surface area contributed by atoms with Gasteiger partial charge in [0.2, 0.25) is 0 Å². The van der Waals surface area contributed by atoms with E-state index in [1.165, 1.54) is 6.07 Å². The van der Waals surface area contributed by atoms with Gasteiger partial charge in [0.1, 0.15) is 5.82 Å². The van der Waals surface area contributed by atoms with Crippen molar-refractivity contribution in [3.05, 3.63) is 34.6 Å². The van der Waals surface area contributed by atoms with E-state index in [9.17, 15) is 4.39 Å². The average Bonchev–Trinajstić information content (AvgIpc) is 2.32. The van der Waals surface area contributed by atoms with Crippen molar-refractivity contribution in [2.24, 2.45) is 11.7 Å². The molecule has 0 amide bonds. The first-order valence-electron chi connectivity index (χ1n) is 5.59. The highest BCUT2D eigenvalue weighted by Gasteiger charge is 2.23. The predicted octanol–water partition coefficient (Wildman–Crippen LogP) is 2.48. The van der Waals surface area contributed by atoms with E-state index in [2.05, 4.69) is 5.32 Å². The zero-order valence-corrected chi connectivity index (χ0v) is 9.80. The average molecular weight is 243 g/mol. The first kappa shape index (κ1) is 11.8. The van der Waals surface area contributed by atoms with Gasteiger partial charge in [0, 0.05) is 16.6 Å². The molecule has 0 bridgehead atoms. The van der Waals surface area contributed by atoms with Crippen LogP contribution in [0.2, 0.25) is 5.02 Å². The Morgan fingerprint density at radius 1 is 1.50 bits per heavy atom. The van der Waals surface area contributed by atoms with Crippen LogP contribution in [0.15, 0.2) is 18.2 Å². The van der Waals surface area contributed by atoms with Crippen molar-refractivity contribution in [3.8, 4) is 0 Å². The van der Waals surface area contributed by atoms with Crippen LogP contribution in [0.1, 0.15) is 24.4 Å². The van der Waals surface area contributed by atoms with Crippen molar-refractivity contribution < 1.29 is 4.39 Å². The van der Waals surface area contributed by atoms with Gasteiger partial charge in [-0.1, -0.05) is 11.6 Å². The Bertz CT molecular complexity index is 364. The Labute approximate surface area is 100.0 Å². The van der Waals surface area contributed by atoms with Gasteiger partial charge in [0.15, 0.2) is 0 Å². The number of rotatable bonds is 2. The van der Waals surface area contributed by atoms with Gasteiger partial charge in [-0.2, -0.15) is 0 Å². The van der Waals surface area contributed by atoms with E-state index >= 15 is 0 Å². The lowest BCUT2D eigenvalue weighted by Gasteiger charge is -2.28. The van der Waals surface area contributed by atoms with Crippen molar-refractivity contribution >= 4 is 11.6 Å². The van der Waals surface area contributed by atoms with Crippen LogP contribution in [-0.4, -0.2) is 13.1 Å². The van der Waals surface area contributed by atoms with Gasteiger partial charge in [0.05, 0.1) is 0 Å². The molecule has 0 radical (unpaired) electrons. The smallest absolute Gasteiger partial charge is 0.128 e. The van der Waals surface area contributed by atoms with Gasteiger partial charge >= 0.3 is 0 Å². The van der Waals surface area contributed by atoms with Gasteiger partial charge in [0.25, 0.3) is 0 Å². The number of hydrogen-bond acceptors (Lipinski definition) is 2. The van der Waals surface area contributed by atoms with Crippen molar-refractivity contribution in [1.29, 1.82) is 0 Å². The SMILES string of the molecule is NC(c1cc(Cl)ccc1F)C1CCCNC1. The summed E-state index contributed by atoms with van der Waals surface area (Å²) in [5.41, 5.74) is 6.63. The molecule has 1 saturated heterocycles. The van der Waals surface area contributed by atoms with Crippen LogP contribution in [-0.2, 0) is 0 Å². The molecule has 88 valence electrons. The summed E-state index contributed by atoms with van der Waals surface area (Å²) in [7, 11) is 0. The number of nitrogens with two attached hydrogens (primary N) is 1. The fourth-order valence-corrected chi connectivity index (χ4v) is 2.39. The van der Waals surface area contributed by atoms with E-state index < -0.39 is 0 Å². The first-order chi connectivity index (χ1) is 7.68. The monoisotopic (exact) mass is 242 g/mol. The standard InChI is InChI=1S/C12H16ClFN2/c13-9-3-4-11(14)10(6-9)12(15)8-2-1-5-16-7-8/h3-4,6,8,12,16H,1-2,5,7,15H2. The highest BCUT2D eigenvalue weighted by atomic mass is 35.5. The van der Waals surface area contributed by atoms with Gasteiger partial charge in [-0.15, -0.1) is 0 Å². The summed E-state index contributed by atoms with van der Waals surface area (Å²) in [5.74, 6) is 0.0317. The molecule has 0 saturated carbocycles. The number of nitrogens with one attached hydrogen (secondary N) is 1. The molecule has 1 aromatic rings. The Morgan fingerprint density at radius 3 is 3.00 bits per heavy atom. The minimum atomic E-state index is -0.272. The molecule has 0 aliphatic carbocycles. The van der Waals surface area contributed by atoms with Crippen molar-refractivity contribution in [1.82, 2.24) is 5.32 Å². The summed E-state index contributed by atoms with van der Waals surface area (Å²) in [5, 5.41) is 3.82. The Kier molecular flexibility index (Phi) is 3.79. The lowest BCUT2D eigenvalue weighted by molar-refractivity contribution is 0.321. The fraction of sp³-hybridized carbons (Fsp3) is 0.500. The second-order valence-corrected chi connectivity index (χ2v) is 4.73. The lowest BCUT2D eigenvalue weighted by Crippen LogP contribution is -2.36. The Hall–Kier alpha value is -0.640. The zero-order chi connectivity index (χ0) is 11.5. The molecule has 2 unspecified atom stereocenters. The van der Waals surface area contributed by atoms with E-state index in [1.807, 2.05) is 0 Å². The molecule has 16 heavy (non-hydrogen) atoms. The van der Waals surface area contributed by atoms with Crippen molar-refractivity contribution in [3.63, 3.8) is 0 Å². The van der Waals surface area contributed by atoms with E-state index in [0.717, 1.165) is 25.9 Å². The Balaban J connectivity index is 2.18. The maximum Gasteiger partial charge on any atom is 0.128 e. The molecule has 2 rings (SSSR count). The van der Waals surface area contributed by atoms with E-state index in [0.29, 0.717) is 16.5 Å². The summed E-state index contributed by atoms with van der Waals surface area (Å²) in [6.07, 6.45) is 2.14. The molecule has 1 aliphatic heterocycles. The third-order valence-electron chi connectivity index (χ3n) is 3.16. The fourth-order valence-electron chi connectivity index (χ4n) is 2.21. The van der Waals surface area contributed by atoms with Crippen LogP contribution in [0.25, 0.3) is 0 Å². The third-order valence-corrected chi connectivity index (χ3v) is 3.40. The third kappa shape index (κ3) is 2.54. The van der Waals surface area contributed by atoms with Crippen LogP contribution >= 0.6 is 11.6 Å². The second kappa shape index (κ2) is 5.13. The molecule has 0 aromatic heterocycles. The summed E-state index contributed by atoms with van der Waals surface area (Å²) < 4.78 is 13.6. The molecule has 1 fully saturated rings. The summed E-state index contributed by atoms with van der Waals surface area (Å²) in [6, 6.07) is 4.29. The predicted molar refractivity (Wildman–Crippen MR) is 63.9 cm³/mol. The molecule has 3 N–H and O–H groups in total. The minimum Gasteiger partial charge on any atom is -0.324 e. The maximum absolute atomic E-state index is 13.6. The molecule has 2 atom stereocenters. The van der Waals surface area contributed by atoms with E-state index in [1.54, 1.807) is 12.1 Å². The topological polar surface area (TPSA) is 38.0 Å². The summed E-state index contributed by atoms with van der Waals surface area (Å²) >= 11 is 5.86. The molecular weight excluding hydrogens is 227 g/mol. The first-order valence-corrected chi connectivity index (χ1v) is 5.97. The lowest BCUT2D eigenvalue weighted by atomic mass is 9.88. The van der Waals surface area contributed by atoms with Crippen molar-refractivity contribution in [2.45, 2.75) is 18.9 Å². The van der Waals surface area contributed by atoms with Crippen LogP contribution < -0.4 is 11.1 Å². The molecule has 1 aliphatic rings. The zero-order valence-electron chi connectivity index (χ0n) is 9.05. The largest absolute Gasteiger partial charge is 0.324 e. The van der Waals surface area contributed by atoms with Crippen LogP contribution in [0.5, 0.6) is 0 Å². The highest BCUT2D eigenvalue weighted by Crippen LogP contribution is 2.28. The summed E-state index contributed by atoms with van der Waals surface area (Å²) in [6.45, 7) is 1.88. The van der Waals surface area contributed by atoms with E-state index in [4.69, 9.17) is 17.3 Å². The van der Waals surface area contributed by atoms with Crippen LogP contribution in [0.4, 0.5) is 4.39 Å². The number of piperidine rings is 1.